The van der Waals surface area contributed by atoms with Crippen LogP contribution in [-0.4, -0.2) is 11.2 Å². The summed E-state index contributed by atoms with van der Waals surface area (Å²) in [5, 5.41) is 9.71. The Bertz CT molecular complexity index is 318. The fraction of sp³-hybridized carbons (Fsp3) is 0.647. The summed E-state index contributed by atoms with van der Waals surface area (Å²) in [6.45, 7) is 8.74. The summed E-state index contributed by atoms with van der Waals surface area (Å²) < 4.78 is 0. The Hall–Kier alpha value is -0.820. The summed E-state index contributed by atoms with van der Waals surface area (Å²) in [4.78, 5) is 0. The minimum absolute atomic E-state index is 0.0289. The maximum Gasteiger partial charge on any atom is 0.0573 e. The molecule has 18 heavy (non-hydrogen) atoms. The van der Waals surface area contributed by atoms with Crippen LogP contribution in [0.25, 0.3) is 0 Å². The Morgan fingerprint density at radius 2 is 1.72 bits per heavy atom. The van der Waals surface area contributed by atoms with Crippen LogP contribution in [0.15, 0.2) is 30.3 Å². The minimum atomic E-state index is -0.0289. The normalized spacial score (nSPS) is 27.6. The molecular formula is C17H28O. The monoisotopic (exact) mass is 248 g/mol. The molecule has 1 aromatic carbocycles. The first-order chi connectivity index (χ1) is 8.50. The topological polar surface area (TPSA) is 20.2 Å². The van der Waals surface area contributed by atoms with Crippen molar-refractivity contribution in [3.8, 4) is 0 Å². The highest BCUT2D eigenvalue weighted by Crippen LogP contribution is 2.33. The Morgan fingerprint density at radius 3 is 2.11 bits per heavy atom. The maximum atomic E-state index is 9.71. The molecule has 0 radical (unpaired) electrons. The van der Waals surface area contributed by atoms with Gasteiger partial charge in [0.1, 0.15) is 0 Å². The number of aliphatic hydroxyl groups is 1. The second-order valence-electron chi connectivity index (χ2n) is 6.05. The van der Waals surface area contributed by atoms with Gasteiger partial charge in [0, 0.05) is 0 Å². The Labute approximate surface area is 112 Å². The van der Waals surface area contributed by atoms with E-state index in [9.17, 15) is 5.11 Å². The molecule has 1 aliphatic rings. The van der Waals surface area contributed by atoms with E-state index in [1.807, 2.05) is 18.2 Å². The summed E-state index contributed by atoms with van der Waals surface area (Å²) in [5.74, 6) is 1.95. The van der Waals surface area contributed by atoms with Gasteiger partial charge in [-0.05, 0) is 37.5 Å². The second kappa shape index (κ2) is 7.58. The predicted molar refractivity (Wildman–Crippen MR) is 78.5 cm³/mol. The van der Waals surface area contributed by atoms with Crippen LogP contribution in [-0.2, 0) is 0 Å². The molecule has 0 heterocycles. The van der Waals surface area contributed by atoms with Crippen LogP contribution in [0.4, 0.5) is 0 Å². The van der Waals surface area contributed by atoms with E-state index in [0.717, 1.165) is 12.3 Å². The molecule has 1 N–H and O–H groups in total. The van der Waals surface area contributed by atoms with Crippen molar-refractivity contribution in [2.75, 3.05) is 0 Å². The minimum Gasteiger partial charge on any atom is -0.393 e. The number of hydrogen-bond donors (Lipinski definition) is 1. The summed E-state index contributed by atoms with van der Waals surface area (Å²) >= 11 is 0. The summed E-state index contributed by atoms with van der Waals surface area (Å²) in [6.07, 6.45) is 3.52. The average Bonchev–Trinajstić information content (AvgIpc) is 2.30. The summed E-state index contributed by atoms with van der Waals surface area (Å²) in [5.41, 5.74) is 1.32. The van der Waals surface area contributed by atoms with Gasteiger partial charge in [-0.15, -0.1) is 0 Å². The third-order valence-corrected chi connectivity index (χ3v) is 3.93. The lowest BCUT2D eigenvalue weighted by Gasteiger charge is -2.33. The van der Waals surface area contributed by atoms with Crippen LogP contribution < -0.4 is 0 Å². The van der Waals surface area contributed by atoms with Crippen LogP contribution in [0, 0.1) is 24.7 Å². The zero-order valence-corrected chi connectivity index (χ0v) is 12.3. The zero-order chi connectivity index (χ0) is 13.5. The number of aliphatic hydroxyl groups excluding tert-OH is 1. The fourth-order valence-corrected chi connectivity index (χ4v) is 2.69. The van der Waals surface area contributed by atoms with Gasteiger partial charge in [-0.2, -0.15) is 0 Å². The summed E-state index contributed by atoms with van der Waals surface area (Å²) in [6, 6.07) is 10.3. The lowest BCUT2D eigenvalue weighted by atomic mass is 9.75. The second-order valence-corrected chi connectivity index (χ2v) is 6.05. The van der Waals surface area contributed by atoms with Crippen molar-refractivity contribution in [2.24, 2.45) is 17.8 Å². The first kappa shape index (κ1) is 15.2. The van der Waals surface area contributed by atoms with Crippen LogP contribution in [0.2, 0.25) is 0 Å². The number of hydrogen-bond acceptors (Lipinski definition) is 1. The smallest absolute Gasteiger partial charge is 0.0573 e. The van der Waals surface area contributed by atoms with Gasteiger partial charge in [0.2, 0.25) is 0 Å². The molecule has 3 atom stereocenters. The third kappa shape index (κ3) is 5.22. The molecule has 1 nitrogen and oxygen atoms in total. The van der Waals surface area contributed by atoms with Crippen molar-refractivity contribution < 1.29 is 5.11 Å². The molecule has 0 aliphatic heterocycles. The molecule has 0 saturated heterocycles. The largest absolute Gasteiger partial charge is 0.393 e. The van der Waals surface area contributed by atoms with Crippen LogP contribution in [0.3, 0.4) is 0 Å². The van der Waals surface area contributed by atoms with E-state index in [0.29, 0.717) is 11.8 Å². The standard InChI is InChI=1S/C10H20O.C7H8/c1-7(2)9-5-4-8(3)6-10(9)11;1-7-5-3-2-4-6-7/h7-11H,4-6H2,1-3H3;2-6H,1H3. The van der Waals surface area contributed by atoms with Gasteiger partial charge in [0.15, 0.2) is 0 Å². The van der Waals surface area contributed by atoms with E-state index >= 15 is 0 Å². The van der Waals surface area contributed by atoms with Crippen LogP contribution in [0.5, 0.6) is 0 Å². The van der Waals surface area contributed by atoms with Crippen molar-refractivity contribution in [2.45, 2.75) is 53.1 Å². The molecule has 0 aromatic heterocycles. The molecule has 1 fully saturated rings. The quantitative estimate of drug-likeness (QED) is 0.779. The Kier molecular flexibility index (Phi) is 6.42. The van der Waals surface area contributed by atoms with Crippen molar-refractivity contribution in [1.29, 1.82) is 0 Å². The van der Waals surface area contributed by atoms with Gasteiger partial charge in [-0.3, -0.25) is 0 Å². The maximum absolute atomic E-state index is 9.71. The SMILES string of the molecule is CC1CCC(C(C)C)C(O)C1.Cc1ccccc1. The predicted octanol–water partition coefficient (Wildman–Crippen LogP) is 4.43. The molecule has 0 spiro atoms. The van der Waals surface area contributed by atoms with Gasteiger partial charge in [0.25, 0.3) is 0 Å². The van der Waals surface area contributed by atoms with Gasteiger partial charge in [-0.1, -0.05) is 63.1 Å². The van der Waals surface area contributed by atoms with Crippen molar-refractivity contribution in [3.05, 3.63) is 35.9 Å². The highest BCUT2D eigenvalue weighted by atomic mass is 16.3. The van der Waals surface area contributed by atoms with E-state index in [1.165, 1.54) is 18.4 Å². The average molecular weight is 248 g/mol. The number of rotatable bonds is 1. The van der Waals surface area contributed by atoms with E-state index in [1.54, 1.807) is 0 Å². The highest BCUT2D eigenvalue weighted by Gasteiger charge is 2.28. The first-order valence-electron chi connectivity index (χ1n) is 7.20. The first-order valence-corrected chi connectivity index (χ1v) is 7.20. The van der Waals surface area contributed by atoms with Gasteiger partial charge < -0.3 is 5.11 Å². The van der Waals surface area contributed by atoms with Gasteiger partial charge in [0.05, 0.1) is 6.10 Å². The van der Waals surface area contributed by atoms with E-state index in [4.69, 9.17) is 0 Å². The molecule has 0 amide bonds. The van der Waals surface area contributed by atoms with E-state index < -0.39 is 0 Å². The number of benzene rings is 1. The van der Waals surface area contributed by atoms with Crippen molar-refractivity contribution in [1.82, 2.24) is 0 Å². The van der Waals surface area contributed by atoms with Crippen LogP contribution in [0.1, 0.15) is 45.6 Å². The van der Waals surface area contributed by atoms with E-state index in [-0.39, 0.29) is 6.10 Å². The lowest BCUT2D eigenvalue weighted by Crippen LogP contribution is -2.31. The molecule has 1 aliphatic carbocycles. The molecule has 0 bridgehead atoms. The fourth-order valence-electron chi connectivity index (χ4n) is 2.69. The third-order valence-electron chi connectivity index (χ3n) is 3.93. The Balaban J connectivity index is 0.000000199. The molecule has 1 heteroatoms. The van der Waals surface area contributed by atoms with Crippen molar-refractivity contribution >= 4 is 0 Å². The number of aryl methyl sites for hydroxylation is 1. The zero-order valence-electron chi connectivity index (χ0n) is 12.3. The van der Waals surface area contributed by atoms with Crippen molar-refractivity contribution in [3.63, 3.8) is 0 Å². The lowest BCUT2D eigenvalue weighted by molar-refractivity contribution is 0.0266. The molecule has 1 saturated carbocycles. The summed E-state index contributed by atoms with van der Waals surface area (Å²) in [7, 11) is 0. The molecule has 2 rings (SSSR count). The highest BCUT2D eigenvalue weighted by molar-refractivity contribution is 5.11. The molecular weight excluding hydrogens is 220 g/mol. The molecule has 3 unspecified atom stereocenters. The Morgan fingerprint density at radius 1 is 1.11 bits per heavy atom. The van der Waals surface area contributed by atoms with Gasteiger partial charge >= 0.3 is 0 Å². The molecule has 1 aromatic rings. The van der Waals surface area contributed by atoms with E-state index in [2.05, 4.69) is 39.8 Å². The van der Waals surface area contributed by atoms with Crippen LogP contribution >= 0.6 is 0 Å². The molecule has 102 valence electrons. The van der Waals surface area contributed by atoms with Gasteiger partial charge in [-0.25, -0.2) is 0 Å².